The summed E-state index contributed by atoms with van der Waals surface area (Å²) >= 11 is 0. The molecule has 0 spiro atoms. The van der Waals surface area contributed by atoms with Crippen molar-refractivity contribution < 1.29 is 14.3 Å². The Morgan fingerprint density at radius 3 is 2.80 bits per heavy atom. The van der Waals surface area contributed by atoms with Crippen LogP contribution in [0.2, 0.25) is 0 Å². The van der Waals surface area contributed by atoms with Crippen molar-refractivity contribution in [3.63, 3.8) is 0 Å². The Morgan fingerprint density at radius 1 is 1.23 bits per heavy atom. The quantitative estimate of drug-likeness (QED) is 0.793. The number of nitrogens with one attached hydrogen (secondary N) is 1. The van der Waals surface area contributed by atoms with Gasteiger partial charge < -0.3 is 15.0 Å². The maximum atomic E-state index is 13.4. The van der Waals surface area contributed by atoms with Crippen molar-refractivity contribution in [2.75, 3.05) is 23.4 Å². The number of benzene rings is 2. The van der Waals surface area contributed by atoms with Crippen molar-refractivity contribution in [1.29, 1.82) is 0 Å². The van der Waals surface area contributed by atoms with Gasteiger partial charge in [-0.25, -0.2) is 0 Å². The summed E-state index contributed by atoms with van der Waals surface area (Å²) in [4.78, 5) is 32.8. The zero-order chi connectivity index (χ0) is 21.3. The molecule has 1 N–H and O–H groups in total. The standard InChI is InChI=1S/C24H27N3O3/c1-4-30-22-11-6-5-9-19(22)26-23(28)14-27-21-13-16(3)15(2)12-20(21)25-18-10-7-8-17(18)24(27)29/h5-6,9,11-13,17H,4,7-8,10,14H2,1-3H3,(H,26,28)/t17-/m0/s1. The lowest BCUT2D eigenvalue weighted by atomic mass is 10.0. The molecule has 0 unspecified atom stereocenters. The van der Waals surface area contributed by atoms with E-state index in [0.717, 1.165) is 41.8 Å². The number of aliphatic imine (C=N–C) groups is 1. The zero-order valence-corrected chi connectivity index (χ0v) is 17.7. The van der Waals surface area contributed by atoms with Gasteiger partial charge in [-0.1, -0.05) is 12.1 Å². The third kappa shape index (κ3) is 3.82. The highest BCUT2D eigenvalue weighted by Crippen LogP contribution is 2.39. The summed E-state index contributed by atoms with van der Waals surface area (Å²) in [6, 6.07) is 11.3. The smallest absolute Gasteiger partial charge is 0.244 e. The Balaban J connectivity index is 1.64. The number of hydrogen-bond donors (Lipinski definition) is 1. The van der Waals surface area contributed by atoms with E-state index in [4.69, 9.17) is 9.73 Å². The van der Waals surface area contributed by atoms with E-state index in [9.17, 15) is 9.59 Å². The minimum Gasteiger partial charge on any atom is -0.492 e. The number of para-hydroxylation sites is 2. The maximum absolute atomic E-state index is 13.4. The maximum Gasteiger partial charge on any atom is 0.244 e. The molecule has 1 saturated carbocycles. The number of amides is 2. The second-order valence-corrected chi connectivity index (χ2v) is 7.87. The number of rotatable bonds is 5. The first kappa shape index (κ1) is 20.1. The molecular weight excluding hydrogens is 378 g/mol. The van der Waals surface area contributed by atoms with Crippen molar-refractivity contribution in [2.24, 2.45) is 10.9 Å². The summed E-state index contributed by atoms with van der Waals surface area (Å²) in [5.41, 5.74) is 5.21. The molecule has 30 heavy (non-hydrogen) atoms. The molecule has 2 amide bonds. The van der Waals surface area contributed by atoms with Crippen LogP contribution >= 0.6 is 0 Å². The summed E-state index contributed by atoms with van der Waals surface area (Å²) in [5, 5.41) is 2.90. The Kier molecular flexibility index (Phi) is 5.57. The molecule has 4 rings (SSSR count). The number of carbonyl (C=O) groups excluding carboxylic acids is 2. The Morgan fingerprint density at radius 2 is 2.00 bits per heavy atom. The first-order valence-electron chi connectivity index (χ1n) is 10.5. The van der Waals surface area contributed by atoms with E-state index in [1.807, 2.05) is 51.1 Å². The third-order valence-corrected chi connectivity index (χ3v) is 5.80. The number of ether oxygens (including phenoxy) is 1. The van der Waals surface area contributed by atoms with Gasteiger partial charge in [0, 0.05) is 5.71 Å². The number of anilines is 2. The lowest BCUT2D eigenvalue weighted by molar-refractivity contribution is -0.123. The minimum absolute atomic E-state index is 0.0403. The number of nitrogens with zero attached hydrogens (tertiary/aromatic N) is 2. The van der Waals surface area contributed by atoms with Crippen LogP contribution in [0.4, 0.5) is 17.1 Å². The van der Waals surface area contributed by atoms with Crippen LogP contribution < -0.4 is 15.0 Å². The topological polar surface area (TPSA) is 71.0 Å². The fourth-order valence-corrected chi connectivity index (χ4v) is 4.13. The molecule has 156 valence electrons. The Hall–Kier alpha value is -3.15. The first-order chi connectivity index (χ1) is 14.5. The van der Waals surface area contributed by atoms with Crippen LogP contribution in [0.15, 0.2) is 41.4 Å². The molecule has 1 aliphatic carbocycles. The van der Waals surface area contributed by atoms with Crippen molar-refractivity contribution in [2.45, 2.75) is 40.0 Å². The molecule has 1 fully saturated rings. The lowest BCUT2D eigenvalue weighted by Gasteiger charge is -2.25. The predicted molar refractivity (Wildman–Crippen MR) is 119 cm³/mol. The number of aryl methyl sites for hydroxylation is 2. The van der Waals surface area contributed by atoms with E-state index in [-0.39, 0.29) is 24.3 Å². The minimum atomic E-state index is -0.263. The molecule has 1 aliphatic heterocycles. The van der Waals surface area contributed by atoms with Gasteiger partial charge in [0.25, 0.3) is 0 Å². The second kappa shape index (κ2) is 8.30. The van der Waals surface area contributed by atoms with Crippen molar-refractivity contribution in [1.82, 2.24) is 0 Å². The van der Waals surface area contributed by atoms with E-state index in [2.05, 4.69) is 5.32 Å². The molecule has 2 aliphatic rings. The first-order valence-corrected chi connectivity index (χ1v) is 10.5. The summed E-state index contributed by atoms with van der Waals surface area (Å²) in [5.74, 6) is 0.0768. The SMILES string of the molecule is CCOc1ccccc1NC(=O)CN1C(=O)[C@H]2CCCC2=Nc2cc(C)c(C)cc21. The molecule has 1 atom stereocenters. The predicted octanol–water partition coefficient (Wildman–Crippen LogP) is 4.56. The Labute approximate surface area is 176 Å². The highest BCUT2D eigenvalue weighted by molar-refractivity contribution is 6.17. The van der Waals surface area contributed by atoms with Gasteiger partial charge in [-0.2, -0.15) is 0 Å². The highest BCUT2D eigenvalue weighted by atomic mass is 16.5. The largest absolute Gasteiger partial charge is 0.492 e. The van der Waals surface area contributed by atoms with Crippen LogP contribution in [0.3, 0.4) is 0 Å². The van der Waals surface area contributed by atoms with Gasteiger partial charge in [0.15, 0.2) is 0 Å². The summed E-state index contributed by atoms with van der Waals surface area (Å²) in [6.07, 6.45) is 2.58. The summed E-state index contributed by atoms with van der Waals surface area (Å²) in [6.45, 7) is 6.39. The van der Waals surface area contributed by atoms with Gasteiger partial charge in [-0.3, -0.25) is 14.6 Å². The Bertz CT molecular complexity index is 1030. The normalized spacial score (nSPS) is 17.7. The van der Waals surface area contributed by atoms with Crippen LogP contribution in [-0.2, 0) is 9.59 Å². The molecule has 0 saturated heterocycles. The van der Waals surface area contributed by atoms with Gasteiger partial charge >= 0.3 is 0 Å². The lowest BCUT2D eigenvalue weighted by Crippen LogP contribution is -2.42. The van der Waals surface area contributed by atoms with Crippen LogP contribution in [0.25, 0.3) is 0 Å². The van der Waals surface area contributed by atoms with Crippen LogP contribution in [0, 0.1) is 19.8 Å². The van der Waals surface area contributed by atoms with Gasteiger partial charge in [0.1, 0.15) is 12.3 Å². The van der Waals surface area contributed by atoms with Gasteiger partial charge in [-0.05, 0) is 75.4 Å². The molecule has 6 nitrogen and oxygen atoms in total. The highest BCUT2D eigenvalue weighted by Gasteiger charge is 2.37. The zero-order valence-electron chi connectivity index (χ0n) is 17.7. The van der Waals surface area contributed by atoms with Crippen LogP contribution in [-0.4, -0.2) is 30.7 Å². The number of fused-ring (bicyclic) bond motifs is 2. The number of hydrogen-bond acceptors (Lipinski definition) is 4. The average Bonchev–Trinajstić information content (AvgIpc) is 3.15. The molecule has 0 aromatic heterocycles. The molecule has 0 bridgehead atoms. The molecule has 2 aromatic rings. The van der Waals surface area contributed by atoms with E-state index in [1.54, 1.807) is 11.0 Å². The van der Waals surface area contributed by atoms with Crippen LogP contribution in [0.1, 0.15) is 37.3 Å². The van der Waals surface area contributed by atoms with E-state index < -0.39 is 0 Å². The number of carbonyl (C=O) groups is 2. The van der Waals surface area contributed by atoms with E-state index in [0.29, 0.717) is 23.7 Å². The molecule has 0 radical (unpaired) electrons. The van der Waals surface area contributed by atoms with Gasteiger partial charge in [-0.15, -0.1) is 0 Å². The fourth-order valence-electron chi connectivity index (χ4n) is 4.13. The van der Waals surface area contributed by atoms with Crippen molar-refractivity contribution >= 4 is 34.6 Å². The van der Waals surface area contributed by atoms with Crippen molar-refractivity contribution in [3.05, 3.63) is 47.5 Å². The van der Waals surface area contributed by atoms with Gasteiger partial charge in [0.2, 0.25) is 11.8 Å². The van der Waals surface area contributed by atoms with E-state index >= 15 is 0 Å². The molecular formula is C24H27N3O3. The average molecular weight is 405 g/mol. The third-order valence-electron chi connectivity index (χ3n) is 5.80. The van der Waals surface area contributed by atoms with E-state index in [1.165, 1.54) is 0 Å². The summed E-state index contributed by atoms with van der Waals surface area (Å²) in [7, 11) is 0. The van der Waals surface area contributed by atoms with Crippen LogP contribution in [0.5, 0.6) is 5.75 Å². The molecule has 2 aromatic carbocycles. The summed E-state index contributed by atoms with van der Waals surface area (Å²) < 4.78 is 5.60. The van der Waals surface area contributed by atoms with Crippen molar-refractivity contribution in [3.8, 4) is 5.75 Å². The molecule has 1 heterocycles. The fraction of sp³-hybridized carbons (Fsp3) is 0.375. The molecule has 6 heteroatoms. The van der Waals surface area contributed by atoms with Gasteiger partial charge in [0.05, 0.1) is 29.6 Å². The second-order valence-electron chi connectivity index (χ2n) is 7.87. The monoisotopic (exact) mass is 405 g/mol.